The molecule has 0 atom stereocenters. The SMILES string of the molecule is O=C(CN(CCCO)c1ccc(F)cc1)C(=O)NCCc1cc(F)cc(F)c1. The summed E-state index contributed by atoms with van der Waals surface area (Å²) in [5.74, 6) is -3.39. The highest BCUT2D eigenvalue weighted by molar-refractivity contribution is 6.37. The molecule has 5 nitrogen and oxygen atoms in total. The quantitative estimate of drug-likeness (QED) is 0.607. The zero-order valence-electron chi connectivity index (χ0n) is 15.1. The van der Waals surface area contributed by atoms with Crippen molar-refractivity contribution in [3.63, 3.8) is 0 Å². The van der Waals surface area contributed by atoms with Crippen LogP contribution in [0.5, 0.6) is 0 Å². The number of aliphatic hydroxyl groups is 1. The summed E-state index contributed by atoms with van der Waals surface area (Å²) in [6, 6.07) is 8.51. The zero-order valence-corrected chi connectivity index (χ0v) is 15.1. The number of hydrogen-bond acceptors (Lipinski definition) is 4. The standard InChI is InChI=1S/C20H21F3N2O3/c21-15-2-4-18(5-3-15)25(8-1-9-26)13-19(27)20(28)24-7-6-14-10-16(22)12-17(23)11-14/h2-5,10-12,26H,1,6-9,13H2,(H,24,28). The second-order valence-electron chi connectivity index (χ2n) is 6.18. The van der Waals surface area contributed by atoms with Gasteiger partial charge in [-0.2, -0.15) is 0 Å². The third kappa shape index (κ3) is 6.70. The van der Waals surface area contributed by atoms with E-state index in [0.29, 0.717) is 24.2 Å². The molecule has 0 aliphatic heterocycles. The van der Waals surface area contributed by atoms with Crippen LogP contribution in [0.3, 0.4) is 0 Å². The lowest BCUT2D eigenvalue weighted by Crippen LogP contribution is -2.40. The molecule has 0 unspecified atom stereocenters. The van der Waals surface area contributed by atoms with Crippen LogP contribution in [0, 0.1) is 17.5 Å². The van der Waals surface area contributed by atoms with Crippen molar-refractivity contribution in [1.29, 1.82) is 0 Å². The van der Waals surface area contributed by atoms with E-state index >= 15 is 0 Å². The van der Waals surface area contributed by atoms with Crippen LogP contribution in [-0.4, -0.2) is 43.0 Å². The largest absolute Gasteiger partial charge is 0.396 e. The van der Waals surface area contributed by atoms with Gasteiger partial charge in [-0.1, -0.05) is 0 Å². The molecule has 0 aliphatic carbocycles. The zero-order chi connectivity index (χ0) is 20.5. The predicted molar refractivity (Wildman–Crippen MR) is 98.4 cm³/mol. The van der Waals surface area contributed by atoms with Gasteiger partial charge in [0, 0.05) is 31.5 Å². The lowest BCUT2D eigenvalue weighted by Gasteiger charge is -2.23. The molecular formula is C20H21F3N2O3. The number of hydrogen-bond donors (Lipinski definition) is 2. The molecule has 28 heavy (non-hydrogen) atoms. The minimum absolute atomic E-state index is 0.0423. The number of carbonyl (C=O) groups excluding carboxylic acids is 2. The van der Waals surface area contributed by atoms with Crippen LogP contribution >= 0.6 is 0 Å². The Morgan fingerprint density at radius 2 is 1.61 bits per heavy atom. The maximum absolute atomic E-state index is 13.1. The molecule has 0 saturated carbocycles. The molecule has 2 aromatic carbocycles. The molecule has 2 rings (SSSR count). The highest BCUT2D eigenvalue weighted by Gasteiger charge is 2.18. The van der Waals surface area contributed by atoms with E-state index in [0.717, 1.165) is 18.2 Å². The molecular weight excluding hydrogens is 373 g/mol. The van der Waals surface area contributed by atoms with Crippen LogP contribution in [-0.2, 0) is 16.0 Å². The van der Waals surface area contributed by atoms with Gasteiger partial charge in [0.05, 0.1) is 6.54 Å². The minimum atomic E-state index is -0.826. The van der Waals surface area contributed by atoms with Gasteiger partial charge in [0.25, 0.3) is 5.91 Å². The minimum Gasteiger partial charge on any atom is -0.396 e. The summed E-state index contributed by atoms with van der Waals surface area (Å²) in [6.45, 7) is 0.0126. The van der Waals surface area contributed by atoms with Gasteiger partial charge in [0.1, 0.15) is 17.5 Å². The second-order valence-corrected chi connectivity index (χ2v) is 6.18. The maximum atomic E-state index is 13.1. The topological polar surface area (TPSA) is 69.6 Å². The number of benzene rings is 2. The Hall–Kier alpha value is -2.87. The number of rotatable bonds is 10. The van der Waals surface area contributed by atoms with E-state index < -0.39 is 29.1 Å². The number of halogens is 3. The van der Waals surface area contributed by atoms with Crippen molar-refractivity contribution in [2.24, 2.45) is 0 Å². The molecule has 0 fully saturated rings. The van der Waals surface area contributed by atoms with E-state index in [2.05, 4.69) is 5.32 Å². The van der Waals surface area contributed by atoms with Crippen LogP contribution in [0.1, 0.15) is 12.0 Å². The molecule has 0 bridgehead atoms. The molecule has 0 aromatic heterocycles. The van der Waals surface area contributed by atoms with Gasteiger partial charge in [-0.3, -0.25) is 9.59 Å². The number of carbonyl (C=O) groups is 2. The predicted octanol–water partition coefficient (Wildman–Crippen LogP) is 2.22. The van der Waals surface area contributed by atoms with Gasteiger partial charge in [-0.15, -0.1) is 0 Å². The fraction of sp³-hybridized carbons (Fsp3) is 0.300. The van der Waals surface area contributed by atoms with Gasteiger partial charge in [0.2, 0.25) is 5.78 Å². The van der Waals surface area contributed by atoms with Crippen molar-refractivity contribution in [3.05, 3.63) is 65.5 Å². The van der Waals surface area contributed by atoms with E-state index in [1.165, 1.54) is 24.3 Å². The number of ketones is 1. The molecule has 0 saturated heterocycles. The summed E-state index contributed by atoms with van der Waals surface area (Å²) >= 11 is 0. The van der Waals surface area contributed by atoms with Gasteiger partial charge in [-0.05, 0) is 54.8 Å². The van der Waals surface area contributed by atoms with Crippen LogP contribution in [0.25, 0.3) is 0 Å². The van der Waals surface area contributed by atoms with Crippen LogP contribution < -0.4 is 10.2 Å². The van der Waals surface area contributed by atoms with Crippen LogP contribution in [0.2, 0.25) is 0 Å². The Morgan fingerprint density at radius 3 is 2.21 bits per heavy atom. The average molecular weight is 394 g/mol. The first kappa shape index (κ1) is 21.4. The summed E-state index contributed by atoms with van der Waals surface area (Å²) < 4.78 is 39.4. The van der Waals surface area contributed by atoms with Crippen molar-refractivity contribution >= 4 is 17.4 Å². The van der Waals surface area contributed by atoms with Crippen molar-refractivity contribution in [2.75, 3.05) is 31.1 Å². The number of aliphatic hydroxyl groups excluding tert-OH is 1. The van der Waals surface area contributed by atoms with E-state index in [9.17, 15) is 22.8 Å². The first-order valence-corrected chi connectivity index (χ1v) is 8.76. The summed E-state index contributed by atoms with van der Waals surface area (Å²) in [5, 5.41) is 11.4. The fourth-order valence-corrected chi connectivity index (χ4v) is 2.63. The van der Waals surface area contributed by atoms with Crippen molar-refractivity contribution < 1.29 is 27.9 Å². The number of nitrogens with zero attached hydrogens (tertiary/aromatic N) is 1. The molecule has 8 heteroatoms. The summed E-state index contributed by atoms with van der Waals surface area (Å²) in [6.07, 6.45) is 0.539. The lowest BCUT2D eigenvalue weighted by atomic mass is 10.1. The average Bonchev–Trinajstić information content (AvgIpc) is 2.64. The number of Topliss-reactive ketones (excluding diaryl/α,β-unsaturated/α-hetero) is 1. The summed E-state index contributed by atoms with van der Waals surface area (Å²) in [4.78, 5) is 25.8. The lowest BCUT2D eigenvalue weighted by molar-refractivity contribution is -0.137. The molecule has 0 aliphatic rings. The monoisotopic (exact) mass is 394 g/mol. The Morgan fingerprint density at radius 1 is 0.964 bits per heavy atom. The van der Waals surface area contributed by atoms with Crippen LogP contribution in [0.15, 0.2) is 42.5 Å². The van der Waals surface area contributed by atoms with E-state index in [1.807, 2.05) is 0 Å². The normalized spacial score (nSPS) is 10.6. The first-order valence-electron chi connectivity index (χ1n) is 8.76. The Labute approximate surface area is 160 Å². The Balaban J connectivity index is 1.90. The highest BCUT2D eigenvalue weighted by atomic mass is 19.1. The van der Waals surface area contributed by atoms with E-state index in [1.54, 1.807) is 4.90 Å². The fourth-order valence-electron chi connectivity index (χ4n) is 2.63. The number of nitrogens with one attached hydrogen (secondary N) is 1. The van der Waals surface area contributed by atoms with E-state index in [-0.39, 0.29) is 26.1 Å². The second kappa shape index (κ2) is 10.5. The third-order valence-corrected chi connectivity index (χ3v) is 3.99. The Bertz CT molecular complexity index is 793. The molecule has 2 aromatic rings. The smallest absolute Gasteiger partial charge is 0.289 e. The van der Waals surface area contributed by atoms with Crippen molar-refractivity contribution in [2.45, 2.75) is 12.8 Å². The van der Waals surface area contributed by atoms with Gasteiger partial charge in [0.15, 0.2) is 0 Å². The molecule has 2 N–H and O–H groups in total. The van der Waals surface area contributed by atoms with Crippen molar-refractivity contribution in [1.82, 2.24) is 5.32 Å². The van der Waals surface area contributed by atoms with Gasteiger partial charge in [-0.25, -0.2) is 13.2 Å². The van der Waals surface area contributed by atoms with Crippen molar-refractivity contribution in [3.8, 4) is 0 Å². The van der Waals surface area contributed by atoms with Crippen LogP contribution in [0.4, 0.5) is 18.9 Å². The maximum Gasteiger partial charge on any atom is 0.289 e. The molecule has 150 valence electrons. The number of anilines is 1. The molecule has 1 amide bonds. The summed E-state index contributed by atoms with van der Waals surface area (Å²) in [5.41, 5.74) is 0.910. The molecule has 0 spiro atoms. The number of amides is 1. The first-order chi connectivity index (χ1) is 13.4. The van der Waals surface area contributed by atoms with E-state index in [4.69, 9.17) is 5.11 Å². The summed E-state index contributed by atoms with van der Waals surface area (Å²) in [7, 11) is 0. The highest BCUT2D eigenvalue weighted by Crippen LogP contribution is 2.15. The Kier molecular flexibility index (Phi) is 8.01. The molecule has 0 radical (unpaired) electrons. The van der Waals surface area contributed by atoms with Gasteiger partial charge < -0.3 is 15.3 Å². The van der Waals surface area contributed by atoms with Gasteiger partial charge >= 0.3 is 0 Å². The molecule has 0 heterocycles. The third-order valence-electron chi connectivity index (χ3n) is 3.99.